The monoisotopic (exact) mass is 246 g/mol. The van der Waals surface area contributed by atoms with E-state index in [1.165, 1.54) is 0 Å². The van der Waals surface area contributed by atoms with E-state index in [2.05, 4.69) is 9.97 Å². The lowest BCUT2D eigenvalue weighted by Gasteiger charge is -2.30. The third kappa shape index (κ3) is 2.85. The minimum atomic E-state index is -4.43. The molecule has 0 saturated carbocycles. The van der Waals surface area contributed by atoms with Crippen molar-refractivity contribution in [1.29, 1.82) is 0 Å². The van der Waals surface area contributed by atoms with Crippen molar-refractivity contribution in [2.24, 2.45) is 5.73 Å². The summed E-state index contributed by atoms with van der Waals surface area (Å²) in [6.07, 6.45) is -1.57. The van der Waals surface area contributed by atoms with Gasteiger partial charge in [-0.1, -0.05) is 0 Å². The lowest BCUT2D eigenvalue weighted by Crippen LogP contribution is -2.43. The summed E-state index contributed by atoms with van der Waals surface area (Å²) >= 11 is 0. The van der Waals surface area contributed by atoms with Gasteiger partial charge < -0.3 is 10.6 Å². The van der Waals surface area contributed by atoms with Gasteiger partial charge >= 0.3 is 6.18 Å². The number of nitrogens with zero attached hydrogens (tertiary/aromatic N) is 3. The van der Waals surface area contributed by atoms with Gasteiger partial charge in [0.25, 0.3) is 0 Å². The normalized spacial score (nSPS) is 21.6. The van der Waals surface area contributed by atoms with Crippen molar-refractivity contribution >= 4 is 5.95 Å². The third-order valence-electron chi connectivity index (χ3n) is 2.67. The minimum Gasteiger partial charge on any atom is -0.339 e. The van der Waals surface area contributed by atoms with Gasteiger partial charge in [0, 0.05) is 25.3 Å². The Morgan fingerprint density at radius 1 is 1.41 bits per heavy atom. The molecule has 0 aromatic carbocycles. The van der Waals surface area contributed by atoms with Gasteiger partial charge in [0.15, 0.2) is 0 Å². The van der Waals surface area contributed by atoms with E-state index < -0.39 is 11.9 Å². The smallest absolute Gasteiger partial charge is 0.339 e. The second-order valence-corrected chi connectivity index (χ2v) is 4.09. The molecule has 0 bridgehead atoms. The van der Waals surface area contributed by atoms with Gasteiger partial charge in [0.2, 0.25) is 5.95 Å². The van der Waals surface area contributed by atoms with E-state index in [-0.39, 0.29) is 12.0 Å². The van der Waals surface area contributed by atoms with E-state index in [1.54, 1.807) is 4.90 Å². The number of piperidine rings is 1. The standard InChI is InChI=1S/C10H13F3N4/c11-10(12,13)8-3-4-15-9(16-8)17-5-1-2-7(14)6-17/h3-4,7H,1-2,5-6,14H2/t7-/m1/s1. The van der Waals surface area contributed by atoms with E-state index in [9.17, 15) is 13.2 Å². The fourth-order valence-electron chi connectivity index (χ4n) is 1.85. The van der Waals surface area contributed by atoms with Crippen molar-refractivity contribution in [3.63, 3.8) is 0 Å². The second-order valence-electron chi connectivity index (χ2n) is 4.09. The van der Waals surface area contributed by atoms with Crippen LogP contribution in [0.5, 0.6) is 0 Å². The van der Waals surface area contributed by atoms with Crippen molar-refractivity contribution in [2.75, 3.05) is 18.0 Å². The highest BCUT2D eigenvalue weighted by molar-refractivity contribution is 5.32. The number of hydrogen-bond acceptors (Lipinski definition) is 4. The second kappa shape index (κ2) is 4.48. The maximum Gasteiger partial charge on any atom is 0.433 e. The predicted octanol–water partition coefficient (Wildman–Crippen LogP) is 1.42. The van der Waals surface area contributed by atoms with Crippen LogP contribution < -0.4 is 10.6 Å². The highest BCUT2D eigenvalue weighted by atomic mass is 19.4. The summed E-state index contributed by atoms with van der Waals surface area (Å²) in [4.78, 5) is 9.10. The number of rotatable bonds is 1. The first kappa shape index (κ1) is 12.1. The molecule has 0 unspecified atom stereocenters. The van der Waals surface area contributed by atoms with E-state index in [4.69, 9.17) is 5.73 Å². The Labute approximate surface area is 96.7 Å². The summed E-state index contributed by atoms with van der Waals surface area (Å²) in [5.41, 5.74) is 4.85. The van der Waals surface area contributed by atoms with Gasteiger partial charge in [-0.15, -0.1) is 0 Å². The van der Waals surface area contributed by atoms with Crippen molar-refractivity contribution in [1.82, 2.24) is 9.97 Å². The summed E-state index contributed by atoms with van der Waals surface area (Å²) in [5, 5.41) is 0. The molecule has 4 nitrogen and oxygen atoms in total. The lowest BCUT2D eigenvalue weighted by molar-refractivity contribution is -0.141. The van der Waals surface area contributed by atoms with E-state index in [0.29, 0.717) is 13.1 Å². The zero-order valence-electron chi connectivity index (χ0n) is 9.11. The quantitative estimate of drug-likeness (QED) is 0.814. The predicted molar refractivity (Wildman–Crippen MR) is 56.5 cm³/mol. The van der Waals surface area contributed by atoms with Crippen molar-refractivity contribution in [2.45, 2.75) is 25.1 Å². The summed E-state index contributed by atoms with van der Waals surface area (Å²) in [7, 11) is 0. The Bertz CT molecular complexity index is 393. The lowest BCUT2D eigenvalue weighted by atomic mass is 10.1. The van der Waals surface area contributed by atoms with E-state index in [1.807, 2.05) is 0 Å². The molecule has 0 radical (unpaired) electrons. The Hall–Kier alpha value is -1.37. The summed E-state index contributed by atoms with van der Waals surface area (Å²) < 4.78 is 37.4. The van der Waals surface area contributed by atoms with Gasteiger partial charge in [0.1, 0.15) is 5.69 Å². The molecule has 2 heterocycles. The molecule has 0 aliphatic carbocycles. The first-order valence-electron chi connectivity index (χ1n) is 5.37. The van der Waals surface area contributed by atoms with Gasteiger partial charge in [-0.05, 0) is 18.9 Å². The molecule has 0 amide bonds. The van der Waals surface area contributed by atoms with Crippen molar-refractivity contribution in [3.8, 4) is 0 Å². The number of anilines is 1. The molecule has 1 aliphatic rings. The molecular weight excluding hydrogens is 233 g/mol. The maximum atomic E-state index is 12.5. The zero-order chi connectivity index (χ0) is 12.5. The van der Waals surface area contributed by atoms with Crippen LogP contribution in [0.3, 0.4) is 0 Å². The van der Waals surface area contributed by atoms with Crippen LogP contribution in [-0.4, -0.2) is 29.1 Å². The summed E-state index contributed by atoms with van der Waals surface area (Å²) in [5.74, 6) is 0.106. The van der Waals surface area contributed by atoms with Crippen molar-refractivity contribution in [3.05, 3.63) is 18.0 Å². The third-order valence-corrected chi connectivity index (χ3v) is 2.67. The minimum absolute atomic E-state index is 0.0260. The molecule has 1 fully saturated rings. The summed E-state index contributed by atoms with van der Waals surface area (Å²) in [6, 6.07) is 0.842. The molecule has 1 atom stereocenters. The van der Waals surface area contributed by atoms with Crippen molar-refractivity contribution < 1.29 is 13.2 Å². The molecule has 1 aromatic heterocycles. The number of nitrogens with two attached hydrogens (primary N) is 1. The van der Waals surface area contributed by atoms with Crippen LogP contribution in [0.15, 0.2) is 12.3 Å². The van der Waals surface area contributed by atoms with Crippen LogP contribution in [0.25, 0.3) is 0 Å². The first-order chi connectivity index (χ1) is 7.97. The molecule has 1 aromatic rings. The maximum absolute atomic E-state index is 12.5. The Morgan fingerprint density at radius 3 is 2.82 bits per heavy atom. The fourth-order valence-corrected chi connectivity index (χ4v) is 1.85. The topological polar surface area (TPSA) is 55.0 Å². The SMILES string of the molecule is N[C@@H]1CCCN(c2nccc(C(F)(F)F)n2)C1. The molecule has 1 saturated heterocycles. The van der Waals surface area contributed by atoms with Crippen LogP contribution in [-0.2, 0) is 6.18 Å². The average molecular weight is 246 g/mol. The Kier molecular flexibility index (Phi) is 3.19. The van der Waals surface area contributed by atoms with Crippen LogP contribution >= 0.6 is 0 Å². The molecule has 17 heavy (non-hydrogen) atoms. The highest BCUT2D eigenvalue weighted by Gasteiger charge is 2.33. The van der Waals surface area contributed by atoms with Gasteiger partial charge in [-0.3, -0.25) is 0 Å². The van der Waals surface area contributed by atoms with E-state index >= 15 is 0 Å². The number of aromatic nitrogens is 2. The molecule has 2 N–H and O–H groups in total. The van der Waals surface area contributed by atoms with E-state index in [0.717, 1.165) is 25.1 Å². The first-order valence-corrected chi connectivity index (χ1v) is 5.37. The molecule has 1 aliphatic heterocycles. The largest absolute Gasteiger partial charge is 0.433 e. The average Bonchev–Trinajstić information content (AvgIpc) is 2.28. The van der Waals surface area contributed by atoms with Gasteiger partial charge in [0.05, 0.1) is 0 Å². The van der Waals surface area contributed by atoms with Crippen LogP contribution in [0.1, 0.15) is 18.5 Å². The van der Waals surface area contributed by atoms with Crippen LogP contribution in [0.4, 0.5) is 19.1 Å². The fraction of sp³-hybridized carbons (Fsp3) is 0.600. The molecule has 2 rings (SSSR count). The van der Waals surface area contributed by atoms with Gasteiger partial charge in [-0.2, -0.15) is 13.2 Å². The summed E-state index contributed by atoms with van der Waals surface area (Å²) in [6.45, 7) is 1.15. The molecule has 94 valence electrons. The van der Waals surface area contributed by atoms with Crippen LogP contribution in [0, 0.1) is 0 Å². The zero-order valence-corrected chi connectivity index (χ0v) is 9.11. The highest BCUT2D eigenvalue weighted by Crippen LogP contribution is 2.28. The number of hydrogen-bond donors (Lipinski definition) is 1. The number of alkyl halides is 3. The molecular formula is C10H13F3N4. The number of halogens is 3. The molecule has 0 spiro atoms. The van der Waals surface area contributed by atoms with Gasteiger partial charge in [-0.25, -0.2) is 9.97 Å². The Morgan fingerprint density at radius 2 is 2.18 bits per heavy atom. The molecule has 7 heteroatoms. The Balaban J connectivity index is 2.21. The van der Waals surface area contributed by atoms with Crippen LogP contribution in [0.2, 0.25) is 0 Å².